The molecule has 0 aliphatic rings. The predicted molar refractivity (Wildman–Crippen MR) is 72.8 cm³/mol. The monoisotopic (exact) mass is 281 g/mol. The minimum Gasteiger partial charge on any atom is -0.484 e. The molecule has 0 bridgehead atoms. The molecule has 1 aromatic heterocycles. The van der Waals surface area contributed by atoms with E-state index in [1.165, 1.54) is 6.07 Å². The van der Waals surface area contributed by atoms with Gasteiger partial charge in [0.15, 0.2) is 11.6 Å². The summed E-state index contributed by atoms with van der Waals surface area (Å²) in [5.41, 5.74) is 1.24. The molecule has 19 heavy (non-hydrogen) atoms. The van der Waals surface area contributed by atoms with Gasteiger partial charge in [-0.25, -0.2) is 9.37 Å². The van der Waals surface area contributed by atoms with Crippen molar-refractivity contribution < 1.29 is 14.2 Å². The fraction of sp³-hybridized carbons (Fsp3) is 0.357. The average molecular weight is 281 g/mol. The highest BCUT2D eigenvalue weighted by Crippen LogP contribution is 2.24. The molecule has 2 aromatic rings. The maximum Gasteiger partial charge on any atom is 0.165 e. The van der Waals surface area contributed by atoms with Crippen LogP contribution in [0, 0.1) is 5.82 Å². The fourth-order valence-corrected chi connectivity index (χ4v) is 2.61. The van der Waals surface area contributed by atoms with Crippen molar-refractivity contribution in [2.75, 3.05) is 0 Å². The van der Waals surface area contributed by atoms with E-state index in [4.69, 9.17) is 9.84 Å². The second-order valence-electron chi connectivity index (χ2n) is 4.16. The van der Waals surface area contributed by atoms with E-state index in [0.29, 0.717) is 5.56 Å². The molecule has 0 saturated carbocycles. The van der Waals surface area contributed by atoms with Gasteiger partial charge in [-0.3, -0.25) is 0 Å². The number of thiazole rings is 1. The van der Waals surface area contributed by atoms with Gasteiger partial charge in [0.05, 0.1) is 17.3 Å². The molecule has 1 aromatic carbocycles. The Morgan fingerprint density at radius 3 is 3.00 bits per heavy atom. The van der Waals surface area contributed by atoms with Crippen LogP contribution in [0.3, 0.4) is 0 Å². The lowest BCUT2D eigenvalue weighted by Gasteiger charge is -2.09. The molecule has 0 aliphatic carbocycles. The summed E-state index contributed by atoms with van der Waals surface area (Å²) in [6.07, 6.45) is 2.00. The first-order chi connectivity index (χ1) is 9.24. The minimum absolute atomic E-state index is 0.107. The van der Waals surface area contributed by atoms with Crippen LogP contribution in [0.15, 0.2) is 23.6 Å². The Morgan fingerprint density at radius 2 is 2.26 bits per heavy atom. The molecule has 0 aliphatic heterocycles. The fourth-order valence-electron chi connectivity index (χ4n) is 1.73. The number of aliphatic hydroxyl groups is 1. The second-order valence-corrected chi connectivity index (χ2v) is 5.10. The highest BCUT2D eigenvalue weighted by molar-refractivity contribution is 7.09. The van der Waals surface area contributed by atoms with Crippen LogP contribution in [-0.2, 0) is 19.6 Å². The quantitative estimate of drug-likeness (QED) is 0.883. The zero-order valence-corrected chi connectivity index (χ0v) is 11.5. The molecule has 0 saturated heterocycles. The van der Waals surface area contributed by atoms with Gasteiger partial charge in [0.25, 0.3) is 0 Å². The summed E-state index contributed by atoms with van der Waals surface area (Å²) in [6.45, 7) is 2.07. The number of halogens is 1. The summed E-state index contributed by atoms with van der Waals surface area (Å²) in [6, 6.07) is 4.51. The van der Waals surface area contributed by atoms with Crippen LogP contribution in [0.4, 0.5) is 4.39 Å². The molecular formula is C14H16FNO2S. The summed E-state index contributed by atoms with van der Waals surface area (Å²) in [5, 5.41) is 12.1. The number of aromatic nitrogens is 1. The van der Waals surface area contributed by atoms with Gasteiger partial charge in [-0.05, 0) is 18.9 Å². The van der Waals surface area contributed by atoms with Gasteiger partial charge in [-0.15, -0.1) is 11.3 Å². The van der Waals surface area contributed by atoms with E-state index in [1.807, 2.05) is 5.38 Å². The summed E-state index contributed by atoms with van der Waals surface area (Å²) in [7, 11) is 0. The van der Waals surface area contributed by atoms with Crippen LogP contribution in [0.2, 0.25) is 0 Å². The number of hydrogen-bond acceptors (Lipinski definition) is 4. The Morgan fingerprint density at radius 1 is 1.42 bits per heavy atom. The van der Waals surface area contributed by atoms with Crippen LogP contribution in [-0.4, -0.2) is 10.1 Å². The molecule has 5 heteroatoms. The SMILES string of the molecule is CCCc1nc(COc2c(F)cccc2CO)cs1. The number of para-hydroxylation sites is 1. The number of nitrogens with zero attached hydrogens (tertiary/aromatic N) is 1. The Hall–Kier alpha value is -1.46. The van der Waals surface area contributed by atoms with Crippen molar-refractivity contribution in [2.45, 2.75) is 33.0 Å². The number of benzene rings is 1. The van der Waals surface area contributed by atoms with Crippen molar-refractivity contribution in [1.29, 1.82) is 0 Å². The van der Waals surface area contributed by atoms with Crippen LogP contribution in [0.5, 0.6) is 5.75 Å². The Balaban J connectivity index is 2.05. The normalized spacial score (nSPS) is 10.7. The Labute approximate surface area is 115 Å². The van der Waals surface area contributed by atoms with Crippen molar-refractivity contribution in [1.82, 2.24) is 4.98 Å². The van der Waals surface area contributed by atoms with E-state index >= 15 is 0 Å². The van der Waals surface area contributed by atoms with E-state index in [-0.39, 0.29) is 19.0 Å². The molecular weight excluding hydrogens is 265 g/mol. The van der Waals surface area contributed by atoms with Crippen molar-refractivity contribution in [2.24, 2.45) is 0 Å². The lowest BCUT2D eigenvalue weighted by molar-refractivity contribution is 0.250. The van der Waals surface area contributed by atoms with Crippen molar-refractivity contribution in [3.63, 3.8) is 0 Å². The highest BCUT2D eigenvalue weighted by Gasteiger charge is 2.10. The molecule has 3 nitrogen and oxygen atoms in total. The van der Waals surface area contributed by atoms with Gasteiger partial charge >= 0.3 is 0 Å². The van der Waals surface area contributed by atoms with Gasteiger partial charge in [-0.2, -0.15) is 0 Å². The molecule has 0 fully saturated rings. The summed E-state index contributed by atoms with van der Waals surface area (Å²) in [4.78, 5) is 4.41. The number of aryl methyl sites for hydroxylation is 1. The molecule has 2 rings (SSSR count). The van der Waals surface area contributed by atoms with Gasteiger partial charge in [0.2, 0.25) is 0 Å². The first-order valence-corrected chi connectivity index (χ1v) is 7.07. The van der Waals surface area contributed by atoms with Crippen LogP contribution in [0.25, 0.3) is 0 Å². The number of aliphatic hydroxyl groups excluding tert-OH is 1. The number of ether oxygens (including phenoxy) is 1. The van der Waals surface area contributed by atoms with Crippen molar-refractivity contribution in [3.05, 3.63) is 45.7 Å². The second kappa shape index (κ2) is 6.63. The number of rotatable bonds is 6. The highest BCUT2D eigenvalue weighted by atomic mass is 32.1. The standard InChI is InChI=1S/C14H16FNO2S/c1-2-4-13-16-11(9-19-13)8-18-14-10(7-17)5-3-6-12(14)15/h3,5-6,9,17H,2,4,7-8H2,1H3. The zero-order chi connectivity index (χ0) is 13.7. The topological polar surface area (TPSA) is 42.4 Å². The van der Waals surface area contributed by atoms with Crippen LogP contribution in [0.1, 0.15) is 29.6 Å². The third-order valence-electron chi connectivity index (χ3n) is 2.65. The summed E-state index contributed by atoms with van der Waals surface area (Å²) in [5.74, 6) is -0.356. The van der Waals surface area contributed by atoms with E-state index in [9.17, 15) is 4.39 Å². The first-order valence-electron chi connectivity index (χ1n) is 6.19. The van der Waals surface area contributed by atoms with Gasteiger partial charge in [0.1, 0.15) is 6.61 Å². The maximum absolute atomic E-state index is 13.6. The lowest BCUT2D eigenvalue weighted by atomic mass is 10.2. The molecule has 0 amide bonds. The molecule has 0 radical (unpaired) electrons. The van der Waals surface area contributed by atoms with Crippen LogP contribution >= 0.6 is 11.3 Å². The molecule has 102 valence electrons. The first kappa shape index (κ1) is 14.0. The Kier molecular flexibility index (Phi) is 4.87. The summed E-state index contributed by atoms with van der Waals surface area (Å²) < 4.78 is 19.1. The third kappa shape index (κ3) is 3.52. The van der Waals surface area contributed by atoms with Gasteiger partial charge < -0.3 is 9.84 Å². The van der Waals surface area contributed by atoms with Crippen molar-refractivity contribution >= 4 is 11.3 Å². The molecule has 0 atom stereocenters. The average Bonchev–Trinajstić information content (AvgIpc) is 2.85. The molecule has 0 unspecified atom stereocenters. The van der Waals surface area contributed by atoms with E-state index < -0.39 is 5.82 Å². The third-order valence-corrected chi connectivity index (χ3v) is 3.60. The van der Waals surface area contributed by atoms with E-state index in [2.05, 4.69) is 11.9 Å². The lowest BCUT2D eigenvalue weighted by Crippen LogP contribution is -2.01. The molecule has 1 N–H and O–H groups in total. The van der Waals surface area contributed by atoms with Crippen LogP contribution < -0.4 is 4.74 Å². The van der Waals surface area contributed by atoms with Gasteiger partial charge in [-0.1, -0.05) is 19.1 Å². The minimum atomic E-state index is -0.462. The predicted octanol–water partition coefficient (Wildman–Crippen LogP) is 3.31. The zero-order valence-electron chi connectivity index (χ0n) is 10.7. The maximum atomic E-state index is 13.6. The molecule has 0 spiro atoms. The Bertz CT molecular complexity index is 542. The van der Waals surface area contributed by atoms with E-state index in [1.54, 1.807) is 23.5 Å². The number of hydrogen-bond donors (Lipinski definition) is 1. The smallest absolute Gasteiger partial charge is 0.165 e. The van der Waals surface area contributed by atoms with Gasteiger partial charge in [0, 0.05) is 10.9 Å². The summed E-state index contributed by atoms with van der Waals surface area (Å²) >= 11 is 1.59. The van der Waals surface area contributed by atoms with Crippen molar-refractivity contribution in [3.8, 4) is 5.75 Å². The largest absolute Gasteiger partial charge is 0.484 e. The van der Waals surface area contributed by atoms with E-state index in [0.717, 1.165) is 23.5 Å². The molecule has 1 heterocycles.